The summed E-state index contributed by atoms with van der Waals surface area (Å²) in [7, 11) is 2.75. The van der Waals surface area contributed by atoms with Gasteiger partial charge in [0, 0.05) is 11.1 Å². The summed E-state index contributed by atoms with van der Waals surface area (Å²) < 4.78 is 99.7. The quantitative estimate of drug-likeness (QED) is 0.507. The van der Waals surface area contributed by atoms with E-state index in [9.17, 15) is 26.3 Å². The Kier molecular flexibility index (Phi) is 6.01. The third kappa shape index (κ3) is 4.08. The van der Waals surface area contributed by atoms with Gasteiger partial charge in [0.25, 0.3) is 0 Å². The third-order valence-corrected chi connectivity index (χ3v) is 5.63. The molecular formula is C23H20F6N2O3. The highest BCUT2D eigenvalue weighted by Crippen LogP contribution is 2.47. The summed E-state index contributed by atoms with van der Waals surface area (Å²) in [5.41, 5.74) is -1.97. The maximum absolute atomic E-state index is 14.1. The number of anilines is 1. The molecule has 0 N–H and O–H groups in total. The molecule has 0 radical (unpaired) electrons. The Bertz CT molecular complexity index is 1170. The first-order chi connectivity index (χ1) is 16.0. The molecule has 2 aliphatic rings. The van der Waals surface area contributed by atoms with Gasteiger partial charge in [-0.15, -0.1) is 0 Å². The number of aliphatic imine (C=N–C) groups is 1. The van der Waals surface area contributed by atoms with Gasteiger partial charge in [-0.3, -0.25) is 9.89 Å². The van der Waals surface area contributed by atoms with E-state index in [0.717, 1.165) is 23.1 Å². The van der Waals surface area contributed by atoms with Crippen LogP contribution in [0.1, 0.15) is 29.7 Å². The van der Waals surface area contributed by atoms with Crippen molar-refractivity contribution in [1.29, 1.82) is 0 Å². The summed E-state index contributed by atoms with van der Waals surface area (Å²) in [6.07, 6.45) is -10.7. The van der Waals surface area contributed by atoms with Gasteiger partial charge >= 0.3 is 12.4 Å². The first-order valence-corrected chi connectivity index (χ1v) is 10.1. The molecule has 182 valence electrons. The number of para-hydroxylation sites is 1. The highest BCUT2D eigenvalue weighted by Gasteiger charge is 2.46. The van der Waals surface area contributed by atoms with E-state index in [-0.39, 0.29) is 41.6 Å². The van der Waals surface area contributed by atoms with Crippen LogP contribution >= 0.6 is 0 Å². The molecule has 0 fully saturated rings. The topological polar surface area (TPSA) is 43.3 Å². The largest absolute Gasteiger partial charge is 0.493 e. The van der Waals surface area contributed by atoms with Crippen molar-refractivity contribution in [2.45, 2.75) is 25.4 Å². The SMILES string of the molecule is COc1cccc(C2OCC3=NCC(C)=C(C(F)(F)F)N3c3ccc(C(F)(F)F)cc32)c1OC. The normalized spacial score (nSPS) is 18.7. The zero-order chi connectivity index (χ0) is 24.8. The number of fused-ring (bicyclic) bond motifs is 3. The summed E-state index contributed by atoms with van der Waals surface area (Å²) in [6, 6.07) is 7.32. The molecule has 0 spiro atoms. The fourth-order valence-corrected chi connectivity index (χ4v) is 4.18. The number of hydrogen-bond acceptors (Lipinski definition) is 5. The number of nitrogens with zero attached hydrogens (tertiary/aromatic N) is 2. The molecule has 0 saturated heterocycles. The van der Waals surface area contributed by atoms with Crippen molar-refractivity contribution in [3.8, 4) is 11.5 Å². The summed E-state index contributed by atoms with van der Waals surface area (Å²) in [5.74, 6) is 0.439. The number of alkyl halides is 6. The van der Waals surface area contributed by atoms with Crippen LogP contribution in [0.15, 0.2) is 52.7 Å². The van der Waals surface area contributed by atoms with Crippen LogP contribution in [0, 0.1) is 0 Å². The van der Waals surface area contributed by atoms with E-state index in [2.05, 4.69) is 4.99 Å². The van der Waals surface area contributed by atoms with Gasteiger partial charge < -0.3 is 14.2 Å². The van der Waals surface area contributed by atoms with E-state index in [1.54, 1.807) is 18.2 Å². The molecule has 2 aromatic rings. The van der Waals surface area contributed by atoms with Crippen molar-refractivity contribution in [3.05, 3.63) is 64.4 Å². The zero-order valence-corrected chi connectivity index (χ0v) is 18.3. The predicted molar refractivity (Wildman–Crippen MR) is 112 cm³/mol. The molecule has 5 nitrogen and oxygen atoms in total. The van der Waals surface area contributed by atoms with E-state index in [1.807, 2.05) is 0 Å². The molecule has 0 bridgehead atoms. The summed E-state index contributed by atoms with van der Waals surface area (Å²) in [5, 5.41) is 0. The lowest BCUT2D eigenvalue weighted by atomic mass is 9.95. The molecule has 34 heavy (non-hydrogen) atoms. The molecule has 1 atom stereocenters. The lowest BCUT2D eigenvalue weighted by molar-refractivity contribution is -0.137. The Balaban J connectivity index is 2.01. The highest BCUT2D eigenvalue weighted by atomic mass is 19.4. The molecule has 1 unspecified atom stereocenters. The van der Waals surface area contributed by atoms with Crippen LogP contribution < -0.4 is 14.4 Å². The second-order valence-electron chi connectivity index (χ2n) is 7.74. The van der Waals surface area contributed by atoms with E-state index >= 15 is 0 Å². The molecule has 2 heterocycles. The van der Waals surface area contributed by atoms with Crippen molar-refractivity contribution in [1.82, 2.24) is 0 Å². The second-order valence-corrected chi connectivity index (χ2v) is 7.74. The van der Waals surface area contributed by atoms with Gasteiger partial charge in [-0.2, -0.15) is 26.3 Å². The average molecular weight is 486 g/mol. The van der Waals surface area contributed by atoms with E-state index in [0.29, 0.717) is 11.3 Å². The van der Waals surface area contributed by atoms with Crippen LogP contribution in [0.3, 0.4) is 0 Å². The predicted octanol–water partition coefficient (Wildman–Crippen LogP) is 5.90. The van der Waals surface area contributed by atoms with Gasteiger partial charge in [0.1, 0.15) is 24.2 Å². The van der Waals surface area contributed by atoms with Crippen LogP contribution in [-0.2, 0) is 10.9 Å². The lowest BCUT2D eigenvalue weighted by Gasteiger charge is -2.33. The Hall–Kier alpha value is -3.21. The molecule has 2 aliphatic heterocycles. The number of hydrogen-bond donors (Lipinski definition) is 0. The molecule has 4 rings (SSSR count). The first-order valence-electron chi connectivity index (χ1n) is 10.1. The summed E-state index contributed by atoms with van der Waals surface area (Å²) in [6.45, 7) is 0.724. The Morgan fingerprint density at radius 2 is 1.71 bits per heavy atom. The van der Waals surface area contributed by atoms with Crippen LogP contribution in [0.2, 0.25) is 0 Å². The molecule has 0 aromatic heterocycles. The Morgan fingerprint density at radius 3 is 2.32 bits per heavy atom. The van der Waals surface area contributed by atoms with E-state index in [4.69, 9.17) is 14.2 Å². The lowest BCUT2D eigenvalue weighted by Crippen LogP contribution is -2.42. The minimum Gasteiger partial charge on any atom is -0.493 e. The molecular weight excluding hydrogens is 466 g/mol. The van der Waals surface area contributed by atoms with Crippen LogP contribution in [-0.4, -0.2) is 39.4 Å². The van der Waals surface area contributed by atoms with Gasteiger partial charge in [0.15, 0.2) is 11.5 Å². The molecule has 0 saturated carbocycles. The van der Waals surface area contributed by atoms with Crippen molar-refractivity contribution < 1.29 is 40.6 Å². The third-order valence-electron chi connectivity index (χ3n) is 5.63. The average Bonchev–Trinajstić information content (AvgIpc) is 2.93. The number of rotatable bonds is 3. The smallest absolute Gasteiger partial charge is 0.431 e. The van der Waals surface area contributed by atoms with Crippen LogP contribution in [0.4, 0.5) is 32.0 Å². The van der Waals surface area contributed by atoms with Gasteiger partial charge in [0.2, 0.25) is 0 Å². The molecule has 0 aliphatic carbocycles. The number of allylic oxidation sites excluding steroid dienone is 1. The minimum atomic E-state index is -4.77. The van der Waals surface area contributed by atoms with E-state index in [1.165, 1.54) is 21.1 Å². The number of benzene rings is 2. The maximum Gasteiger partial charge on any atom is 0.431 e. The number of methoxy groups -OCH3 is 2. The monoisotopic (exact) mass is 486 g/mol. The van der Waals surface area contributed by atoms with Crippen molar-refractivity contribution in [3.63, 3.8) is 0 Å². The standard InChI is InChI=1S/C23H20F6N2O3/c1-12-10-30-18-11-34-19(14-5-4-6-17(32-2)20(14)33-3)15-9-13(22(24,25)26)7-8-16(15)31(18)21(12)23(27,28)29/h4-9,19H,10-11H2,1-3H3. The van der Waals surface area contributed by atoms with Gasteiger partial charge in [-0.05, 0) is 36.8 Å². The minimum absolute atomic E-state index is 0.0525. The fraction of sp³-hybridized carbons (Fsp3) is 0.348. The second kappa shape index (κ2) is 8.53. The van der Waals surface area contributed by atoms with Crippen LogP contribution in [0.5, 0.6) is 11.5 Å². The van der Waals surface area contributed by atoms with Crippen molar-refractivity contribution in [2.75, 3.05) is 32.3 Å². The highest BCUT2D eigenvalue weighted by molar-refractivity contribution is 6.04. The molecule has 0 amide bonds. The molecule has 11 heteroatoms. The number of amidine groups is 1. The van der Waals surface area contributed by atoms with Gasteiger partial charge in [0.05, 0.1) is 32.0 Å². The molecule has 2 aromatic carbocycles. The van der Waals surface area contributed by atoms with E-state index < -0.39 is 29.7 Å². The fourth-order valence-electron chi connectivity index (χ4n) is 4.18. The maximum atomic E-state index is 14.1. The van der Waals surface area contributed by atoms with Crippen molar-refractivity contribution in [2.24, 2.45) is 4.99 Å². The Morgan fingerprint density at radius 1 is 0.971 bits per heavy atom. The van der Waals surface area contributed by atoms with Gasteiger partial charge in [-0.25, -0.2) is 0 Å². The zero-order valence-electron chi connectivity index (χ0n) is 18.3. The Labute approximate surface area is 191 Å². The first kappa shape index (κ1) is 23.9. The van der Waals surface area contributed by atoms with Crippen molar-refractivity contribution >= 4 is 11.5 Å². The number of ether oxygens (including phenoxy) is 3. The summed E-state index contributed by atoms with van der Waals surface area (Å²) >= 11 is 0. The number of halogens is 6. The summed E-state index contributed by atoms with van der Waals surface area (Å²) in [4.78, 5) is 5.06. The van der Waals surface area contributed by atoms with Crippen LogP contribution in [0.25, 0.3) is 0 Å². The van der Waals surface area contributed by atoms with Gasteiger partial charge in [-0.1, -0.05) is 12.1 Å².